The third-order valence-electron chi connectivity index (χ3n) is 2.70. The number of carboxylic acids is 1. The van der Waals surface area contributed by atoms with Crippen molar-refractivity contribution >= 4 is 22.2 Å². The normalized spacial score (nSPS) is 16.8. The molecule has 1 rings (SSSR count). The minimum Gasteiger partial charge on any atom is -0.478 e. The van der Waals surface area contributed by atoms with E-state index in [0.717, 1.165) is 4.90 Å². The minimum absolute atomic E-state index is 0.256. The molecule has 1 aliphatic rings. The van der Waals surface area contributed by atoms with Crippen molar-refractivity contribution < 1.29 is 45.2 Å². The van der Waals surface area contributed by atoms with E-state index in [1.54, 1.807) is 20.8 Å². The van der Waals surface area contributed by atoms with Crippen LogP contribution in [0.1, 0.15) is 27.2 Å². The number of ether oxygens (including phenoxy) is 1. The first-order valence-corrected chi connectivity index (χ1v) is 7.99. The largest absolute Gasteiger partial charge is 0.534 e. The second kappa shape index (κ2) is 6.49. The van der Waals surface area contributed by atoms with Crippen LogP contribution < -0.4 is 0 Å². The zero-order valence-corrected chi connectivity index (χ0v) is 13.8. The predicted octanol–water partition coefficient (Wildman–Crippen LogP) is 1.83. The second-order valence-electron chi connectivity index (χ2n) is 5.84. The highest BCUT2D eigenvalue weighted by molar-refractivity contribution is 7.87. The first kappa shape index (κ1) is 20.1. The highest BCUT2D eigenvalue weighted by Crippen LogP contribution is 2.30. The summed E-state index contributed by atoms with van der Waals surface area (Å²) in [5.41, 5.74) is -7.31. The van der Waals surface area contributed by atoms with E-state index in [4.69, 9.17) is 9.84 Å². The Morgan fingerprint density at radius 3 is 2.17 bits per heavy atom. The molecule has 0 saturated carbocycles. The summed E-state index contributed by atoms with van der Waals surface area (Å²) in [6.45, 7) is 3.83. The summed E-state index contributed by atoms with van der Waals surface area (Å²) in [4.78, 5) is 24.0. The molecule has 1 aliphatic heterocycles. The third kappa shape index (κ3) is 5.01. The van der Waals surface area contributed by atoms with E-state index in [-0.39, 0.29) is 6.54 Å². The van der Waals surface area contributed by atoms with Crippen molar-refractivity contribution in [1.29, 1.82) is 0 Å². The number of halogens is 3. The number of aliphatic carboxylic acids is 1. The van der Waals surface area contributed by atoms with Crippen molar-refractivity contribution in [2.75, 3.05) is 13.1 Å². The fraction of sp³-hybridized carbons (Fsp3) is 0.667. The summed E-state index contributed by atoms with van der Waals surface area (Å²) in [5, 5.41) is 9.05. The van der Waals surface area contributed by atoms with E-state index in [2.05, 4.69) is 4.18 Å². The van der Waals surface area contributed by atoms with E-state index < -0.39 is 57.6 Å². The molecule has 0 aromatic heterocycles. The zero-order valence-electron chi connectivity index (χ0n) is 13.0. The van der Waals surface area contributed by atoms with Crippen LogP contribution in [0.15, 0.2) is 11.3 Å². The summed E-state index contributed by atoms with van der Waals surface area (Å²) in [5.74, 6) is -2.56. The Morgan fingerprint density at radius 1 is 1.21 bits per heavy atom. The van der Waals surface area contributed by atoms with E-state index in [1.165, 1.54) is 0 Å². The summed E-state index contributed by atoms with van der Waals surface area (Å²) in [7, 11) is -5.99. The monoisotopic (exact) mass is 375 g/mol. The van der Waals surface area contributed by atoms with Crippen molar-refractivity contribution in [3.05, 3.63) is 11.3 Å². The molecule has 0 aliphatic carbocycles. The van der Waals surface area contributed by atoms with E-state index in [0.29, 0.717) is 0 Å². The van der Waals surface area contributed by atoms with Gasteiger partial charge < -0.3 is 18.9 Å². The van der Waals surface area contributed by atoms with Crippen molar-refractivity contribution in [2.45, 2.75) is 38.3 Å². The fourth-order valence-electron chi connectivity index (χ4n) is 1.69. The summed E-state index contributed by atoms with van der Waals surface area (Å²) >= 11 is 0. The van der Waals surface area contributed by atoms with Crippen LogP contribution in [0.5, 0.6) is 0 Å². The Balaban J connectivity index is 3.04. The van der Waals surface area contributed by atoms with Crippen LogP contribution in [0, 0.1) is 0 Å². The molecule has 1 amide bonds. The number of nitrogens with zero attached hydrogens (tertiary/aromatic N) is 1. The number of alkyl halides is 3. The lowest BCUT2D eigenvalue weighted by atomic mass is 10.1. The van der Waals surface area contributed by atoms with Gasteiger partial charge in [0, 0.05) is 13.0 Å². The Hall–Kier alpha value is -1.98. The molecule has 24 heavy (non-hydrogen) atoms. The SMILES string of the molecule is CC(C)(C)OC(=O)N1CCC(OS(=O)(=O)C(F)(F)F)=C(C(=O)O)C1. The molecule has 1 heterocycles. The molecule has 0 atom stereocenters. The number of carbonyl (C=O) groups is 2. The van der Waals surface area contributed by atoms with Gasteiger partial charge >= 0.3 is 27.7 Å². The van der Waals surface area contributed by atoms with Crippen molar-refractivity contribution in [3.8, 4) is 0 Å². The van der Waals surface area contributed by atoms with Gasteiger partial charge in [-0.15, -0.1) is 0 Å². The van der Waals surface area contributed by atoms with Gasteiger partial charge in [0.2, 0.25) is 0 Å². The lowest BCUT2D eigenvalue weighted by Gasteiger charge is -2.31. The molecule has 0 bridgehead atoms. The van der Waals surface area contributed by atoms with Gasteiger partial charge in [-0.2, -0.15) is 21.6 Å². The predicted molar refractivity (Wildman–Crippen MR) is 73.1 cm³/mol. The van der Waals surface area contributed by atoms with Crippen molar-refractivity contribution in [3.63, 3.8) is 0 Å². The maximum Gasteiger partial charge on any atom is 0.534 e. The second-order valence-corrected chi connectivity index (χ2v) is 7.38. The summed E-state index contributed by atoms with van der Waals surface area (Å²) < 4.78 is 68.0. The van der Waals surface area contributed by atoms with Crippen LogP contribution in [0.25, 0.3) is 0 Å². The smallest absolute Gasteiger partial charge is 0.478 e. The number of amides is 1. The van der Waals surface area contributed by atoms with E-state index in [9.17, 15) is 31.2 Å². The average molecular weight is 375 g/mol. The standard InChI is InChI=1S/C12H16F3NO7S/c1-11(2,3)22-10(19)16-5-4-8(7(6-16)9(17)18)23-24(20,21)12(13,14)15/h4-6H2,1-3H3,(H,17,18). The molecule has 0 radical (unpaired) electrons. The summed E-state index contributed by atoms with van der Waals surface area (Å²) in [6, 6.07) is 0. The Bertz CT molecular complexity index is 661. The number of hydrogen-bond acceptors (Lipinski definition) is 6. The van der Waals surface area contributed by atoms with Gasteiger partial charge in [-0.05, 0) is 20.8 Å². The van der Waals surface area contributed by atoms with E-state index in [1.807, 2.05) is 0 Å². The highest BCUT2D eigenvalue weighted by atomic mass is 32.2. The first-order chi connectivity index (χ1) is 10.6. The molecule has 138 valence electrons. The van der Waals surface area contributed by atoms with Gasteiger partial charge in [-0.3, -0.25) is 0 Å². The highest BCUT2D eigenvalue weighted by Gasteiger charge is 2.49. The van der Waals surface area contributed by atoms with Crippen LogP contribution in [0.3, 0.4) is 0 Å². The molecule has 0 aromatic rings. The molecule has 0 unspecified atom stereocenters. The fourth-order valence-corrected chi connectivity index (χ4v) is 2.23. The van der Waals surface area contributed by atoms with Crippen molar-refractivity contribution in [2.24, 2.45) is 0 Å². The number of carboxylic acid groups (broad SMARTS) is 1. The molecular formula is C12H16F3NO7S. The first-order valence-electron chi connectivity index (χ1n) is 6.58. The van der Waals surface area contributed by atoms with Gasteiger partial charge in [0.25, 0.3) is 0 Å². The van der Waals surface area contributed by atoms with E-state index >= 15 is 0 Å². The van der Waals surface area contributed by atoms with Crippen LogP contribution in [-0.4, -0.2) is 54.7 Å². The molecule has 0 spiro atoms. The number of carbonyl (C=O) groups excluding carboxylic acids is 1. The summed E-state index contributed by atoms with van der Waals surface area (Å²) in [6.07, 6.45) is -1.39. The van der Waals surface area contributed by atoms with Gasteiger partial charge in [0.1, 0.15) is 11.4 Å². The maximum absolute atomic E-state index is 12.3. The minimum atomic E-state index is -5.99. The Morgan fingerprint density at radius 2 is 1.75 bits per heavy atom. The van der Waals surface area contributed by atoms with Crippen LogP contribution >= 0.6 is 0 Å². The molecule has 12 heteroatoms. The van der Waals surface area contributed by atoms with Gasteiger partial charge in [-0.1, -0.05) is 0 Å². The third-order valence-corrected chi connectivity index (χ3v) is 3.69. The topological polar surface area (TPSA) is 110 Å². The van der Waals surface area contributed by atoms with Gasteiger partial charge in [0.05, 0.1) is 12.1 Å². The molecule has 1 N–H and O–H groups in total. The molecule has 0 saturated heterocycles. The van der Waals surface area contributed by atoms with Crippen LogP contribution in [-0.2, 0) is 23.8 Å². The van der Waals surface area contributed by atoms with Crippen molar-refractivity contribution in [1.82, 2.24) is 4.90 Å². The zero-order chi connectivity index (χ0) is 18.9. The van der Waals surface area contributed by atoms with Gasteiger partial charge in [-0.25, -0.2) is 9.59 Å². The van der Waals surface area contributed by atoms with Crippen LogP contribution in [0.2, 0.25) is 0 Å². The molecule has 0 aromatic carbocycles. The maximum atomic E-state index is 12.3. The number of rotatable bonds is 3. The Labute approximate surface area is 135 Å². The van der Waals surface area contributed by atoms with Crippen LogP contribution in [0.4, 0.5) is 18.0 Å². The quantitative estimate of drug-likeness (QED) is 0.592. The van der Waals surface area contributed by atoms with Gasteiger partial charge in [0.15, 0.2) is 0 Å². The molecular weight excluding hydrogens is 359 g/mol. The average Bonchev–Trinajstić information content (AvgIpc) is 2.34. The Kier molecular flexibility index (Phi) is 5.43. The molecule has 8 nitrogen and oxygen atoms in total. The number of hydrogen-bond donors (Lipinski definition) is 1. The lowest BCUT2D eigenvalue weighted by Crippen LogP contribution is -2.42. The lowest BCUT2D eigenvalue weighted by molar-refractivity contribution is -0.133. The molecule has 0 fully saturated rings.